The van der Waals surface area contributed by atoms with Crippen molar-refractivity contribution in [3.8, 4) is 5.75 Å². The highest BCUT2D eigenvalue weighted by Crippen LogP contribution is 2.17. The fourth-order valence-electron chi connectivity index (χ4n) is 3.60. The Bertz CT molecular complexity index is 857. The number of carbonyl (C=O) groups is 1. The first kappa shape index (κ1) is 22.6. The van der Waals surface area contributed by atoms with E-state index in [2.05, 4.69) is 32.7 Å². The van der Waals surface area contributed by atoms with Gasteiger partial charge in [-0.1, -0.05) is 42.5 Å². The van der Waals surface area contributed by atoms with Crippen molar-refractivity contribution in [1.29, 1.82) is 0 Å². The van der Waals surface area contributed by atoms with E-state index in [1.165, 1.54) is 11.6 Å². The number of likely N-dealkylation sites (tertiary alicyclic amines) is 1. The second kappa shape index (κ2) is 12.0. The standard InChI is InChI=1S/C24H32N4O3/c1-2-25-24(27-14-13-26-23(30)21-10-6-7-11-22(21)29)28-15-12-20(16-28)18-31-17-19-8-4-3-5-9-19/h3-11,20,29H,2,12-18H2,1H3,(H,25,27)(H,26,30). The molecule has 1 heterocycles. The van der Waals surface area contributed by atoms with Gasteiger partial charge in [-0.3, -0.25) is 9.79 Å². The summed E-state index contributed by atoms with van der Waals surface area (Å²) >= 11 is 0. The van der Waals surface area contributed by atoms with Crippen LogP contribution in [-0.2, 0) is 11.3 Å². The van der Waals surface area contributed by atoms with Crippen molar-refractivity contribution in [2.45, 2.75) is 20.0 Å². The molecule has 1 aliphatic rings. The molecule has 2 aromatic carbocycles. The van der Waals surface area contributed by atoms with Gasteiger partial charge in [-0.15, -0.1) is 0 Å². The molecule has 1 aliphatic heterocycles. The molecule has 0 radical (unpaired) electrons. The van der Waals surface area contributed by atoms with E-state index in [0.29, 0.717) is 25.6 Å². The number of hydrogen-bond donors (Lipinski definition) is 3. The van der Waals surface area contributed by atoms with E-state index in [1.807, 2.05) is 25.1 Å². The van der Waals surface area contributed by atoms with Gasteiger partial charge in [-0.2, -0.15) is 0 Å². The molecule has 0 aliphatic carbocycles. The van der Waals surface area contributed by atoms with Crippen molar-refractivity contribution in [3.63, 3.8) is 0 Å². The Morgan fingerprint density at radius 1 is 1.16 bits per heavy atom. The molecule has 166 valence electrons. The largest absolute Gasteiger partial charge is 0.507 e. The van der Waals surface area contributed by atoms with Crippen LogP contribution in [0.2, 0.25) is 0 Å². The molecular weight excluding hydrogens is 392 g/mol. The van der Waals surface area contributed by atoms with Gasteiger partial charge in [0.05, 0.1) is 25.3 Å². The fourth-order valence-corrected chi connectivity index (χ4v) is 3.60. The number of para-hydroxylation sites is 1. The van der Waals surface area contributed by atoms with Gasteiger partial charge in [-0.05, 0) is 31.0 Å². The van der Waals surface area contributed by atoms with E-state index in [9.17, 15) is 9.90 Å². The highest BCUT2D eigenvalue weighted by Gasteiger charge is 2.25. The topological polar surface area (TPSA) is 86.2 Å². The summed E-state index contributed by atoms with van der Waals surface area (Å²) in [5.41, 5.74) is 1.47. The first-order chi connectivity index (χ1) is 15.2. The van der Waals surface area contributed by atoms with Crippen molar-refractivity contribution in [2.75, 3.05) is 39.3 Å². The first-order valence-electron chi connectivity index (χ1n) is 10.9. The molecule has 31 heavy (non-hydrogen) atoms. The predicted octanol–water partition coefficient (Wildman–Crippen LogP) is 2.63. The summed E-state index contributed by atoms with van der Waals surface area (Å²) in [6.45, 7) is 6.93. The van der Waals surface area contributed by atoms with Crippen LogP contribution in [0.3, 0.4) is 0 Å². The van der Waals surface area contributed by atoms with Gasteiger partial charge < -0.3 is 25.4 Å². The minimum Gasteiger partial charge on any atom is -0.507 e. The molecule has 0 spiro atoms. The Morgan fingerprint density at radius 2 is 1.94 bits per heavy atom. The Labute approximate surface area is 184 Å². The number of amides is 1. The molecule has 1 fully saturated rings. The van der Waals surface area contributed by atoms with Crippen LogP contribution in [0.15, 0.2) is 59.6 Å². The van der Waals surface area contributed by atoms with Gasteiger partial charge in [0.25, 0.3) is 5.91 Å². The lowest BCUT2D eigenvalue weighted by atomic mass is 10.1. The maximum atomic E-state index is 12.2. The van der Waals surface area contributed by atoms with Gasteiger partial charge in [0, 0.05) is 32.1 Å². The van der Waals surface area contributed by atoms with Crippen LogP contribution in [-0.4, -0.2) is 61.2 Å². The molecular formula is C24H32N4O3. The van der Waals surface area contributed by atoms with E-state index < -0.39 is 0 Å². The highest BCUT2D eigenvalue weighted by molar-refractivity contribution is 5.96. The van der Waals surface area contributed by atoms with E-state index in [0.717, 1.165) is 38.6 Å². The lowest BCUT2D eigenvalue weighted by molar-refractivity contribution is 0.0906. The van der Waals surface area contributed by atoms with Crippen LogP contribution in [0.5, 0.6) is 5.75 Å². The van der Waals surface area contributed by atoms with Gasteiger partial charge >= 0.3 is 0 Å². The summed E-state index contributed by atoms with van der Waals surface area (Å²) in [5, 5.41) is 15.9. The minimum absolute atomic E-state index is 0.0190. The number of aliphatic imine (C=N–C) groups is 1. The third-order valence-electron chi connectivity index (χ3n) is 5.19. The number of phenols is 1. The first-order valence-corrected chi connectivity index (χ1v) is 10.9. The van der Waals surface area contributed by atoms with Crippen LogP contribution in [0.1, 0.15) is 29.3 Å². The lowest BCUT2D eigenvalue weighted by Crippen LogP contribution is -2.40. The molecule has 1 atom stereocenters. The van der Waals surface area contributed by atoms with Crippen molar-refractivity contribution in [2.24, 2.45) is 10.9 Å². The zero-order valence-corrected chi connectivity index (χ0v) is 18.1. The number of aromatic hydroxyl groups is 1. The van der Waals surface area contributed by atoms with Crippen molar-refractivity contribution >= 4 is 11.9 Å². The Morgan fingerprint density at radius 3 is 2.71 bits per heavy atom. The molecule has 7 heteroatoms. The number of carbonyl (C=O) groups excluding carboxylic acids is 1. The number of benzene rings is 2. The highest BCUT2D eigenvalue weighted by atomic mass is 16.5. The minimum atomic E-state index is -0.296. The summed E-state index contributed by atoms with van der Waals surface area (Å²) in [6, 6.07) is 16.7. The summed E-state index contributed by atoms with van der Waals surface area (Å²) in [5.74, 6) is 1.03. The summed E-state index contributed by atoms with van der Waals surface area (Å²) < 4.78 is 5.91. The van der Waals surface area contributed by atoms with Crippen molar-refractivity contribution in [1.82, 2.24) is 15.5 Å². The van der Waals surface area contributed by atoms with Crippen molar-refractivity contribution < 1.29 is 14.6 Å². The van der Waals surface area contributed by atoms with Crippen LogP contribution < -0.4 is 10.6 Å². The molecule has 2 aromatic rings. The van der Waals surface area contributed by atoms with E-state index >= 15 is 0 Å². The Balaban J connectivity index is 1.42. The third kappa shape index (κ3) is 7.00. The summed E-state index contributed by atoms with van der Waals surface area (Å²) in [4.78, 5) is 19.1. The molecule has 1 saturated heterocycles. The van der Waals surface area contributed by atoms with E-state index in [-0.39, 0.29) is 17.2 Å². The molecule has 1 amide bonds. The zero-order chi connectivity index (χ0) is 21.9. The monoisotopic (exact) mass is 424 g/mol. The molecule has 0 aromatic heterocycles. The van der Waals surface area contributed by atoms with Crippen LogP contribution in [0, 0.1) is 5.92 Å². The lowest BCUT2D eigenvalue weighted by Gasteiger charge is -2.21. The molecule has 3 rings (SSSR count). The second-order valence-electron chi connectivity index (χ2n) is 7.61. The van der Waals surface area contributed by atoms with E-state index in [1.54, 1.807) is 18.2 Å². The van der Waals surface area contributed by atoms with Gasteiger partial charge in [0.1, 0.15) is 5.75 Å². The Hall–Kier alpha value is -3.06. The molecule has 3 N–H and O–H groups in total. The number of hydrogen-bond acceptors (Lipinski definition) is 4. The quantitative estimate of drug-likeness (QED) is 0.327. The van der Waals surface area contributed by atoms with Gasteiger partial charge in [0.2, 0.25) is 0 Å². The molecule has 1 unspecified atom stereocenters. The third-order valence-corrected chi connectivity index (χ3v) is 5.19. The predicted molar refractivity (Wildman–Crippen MR) is 122 cm³/mol. The molecule has 0 bridgehead atoms. The van der Waals surface area contributed by atoms with Gasteiger partial charge in [0.15, 0.2) is 5.96 Å². The number of nitrogens with one attached hydrogen (secondary N) is 2. The summed E-state index contributed by atoms with van der Waals surface area (Å²) in [6.07, 6.45) is 1.07. The molecule has 0 saturated carbocycles. The van der Waals surface area contributed by atoms with Crippen molar-refractivity contribution in [3.05, 3.63) is 65.7 Å². The number of guanidine groups is 1. The number of nitrogens with zero attached hydrogens (tertiary/aromatic N) is 2. The van der Waals surface area contributed by atoms with E-state index in [4.69, 9.17) is 4.74 Å². The second-order valence-corrected chi connectivity index (χ2v) is 7.61. The number of ether oxygens (including phenoxy) is 1. The SMILES string of the molecule is CCNC(=NCCNC(=O)c1ccccc1O)N1CCC(COCc2ccccc2)C1. The van der Waals surface area contributed by atoms with Crippen LogP contribution in [0.4, 0.5) is 0 Å². The molecule has 7 nitrogen and oxygen atoms in total. The Kier molecular flexibility index (Phi) is 8.72. The smallest absolute Gasteiger partial charge is 0.255 e. The van der Waals surface area contributed by atoms with Crippen LogP contribution in [0.25, 0.3) is 0 Å². The maximum Gasteiger partial charge on any atom is 0.255 e. The average Bonchev–Trinajstić information content (AvgIpc) is 3.25. The number of phenolic OH excluding ortho intramolecular Hbond substituents is 1. The average molecular weight is 425 g/mol. The zero-order valence-electron chi connectivity index (χ0n) is 18.1. The van der Waals surface area contributed by atoms with Crippen LogP contribution >= 0.6 is 0 Å². The number of rotatable bonds is 9. The maximum absolute atomic E-state index is 12.2. The normalized spacial score (nSPS) is 16.4. The summed E-state index contributed by atoms with van der Waals surface area (Å²) in [7, 11) is 0. The fraction of sp³-hybridized carbons (Fsp3) is 0.417. The van der Waals surface area contributed by atoms with Gasteiger partial charge in [-0.25, -0.2) is 0 Å².